The van der Waals surface area contributed by atoms with Crippen molar-refractivity contribution in [3.05, 3.63) is 99.5 Å². The number of nitrogens with one attached hydrogen (secondary N) is 5. The standard InChI is InChI=1S/C102H159N9O30S/c1-15-72(6)80(99(124)109(12)84(71(4)5)66-90(140-74(8)112)98-108-83(69-142-98)96(122)105-78(61-73(7)100(125)126)62-75-23-17-16-18-24-75)65-89(115)86-26-20-22-37-111(86,13)68-77-29-27-76(28-30-77)63-87(113)82(31-34-94(119)120)106-95(121)79(70(2)3)64-88(114)81(107-97(123)85(110-92(117)32-33-93(110)118)67-104-101(127)141-102(9,10)11)25-19-21-36-103-91(116)35-38-129-41-42-131-45-46-133-49-50-135-53-54-137-57-58-139-60-59-138-56-55-136-52-51-134-48-47-132-44-43-130-40-39-128-14/h16-18,23-24,27-30,32-33,69-73,78-82,84-86,90H,15,19-22,25-26,31,34-68H2,1-14H3,(H6-,103,104,105,106,107,116,119,120,121,122,123,125,126,127)/p+1/t72-,73-,78+,79-,80-,81-,82-,84+,85-,86+,90+,111?/m0/s1. The Hall–Kier alpha value is -9.53. The van der Waals surface area contributed by atoms with Crippen LogP contribution < -0.4 is 26.6 Å². The van der Waals surface area contributed by atoms with E-state index in [9.17, 15) is 67.7 Å². The van der Waals surface area contributed by atoms with E-state index in [1.165, 1.54) is 6.92 Å². The Morgan fingerprint density at radius 2 is 1.10 bits per heavy atom. The number of aromatic nitrogens is 1. The zero-order valence-corrected chi connectivity index (χ0v) is 86.7. The maximum absolute atomic E-state index is 15.2. The molecule has 1 unspecified atom stereocenters. The van der Waals surface area contributed by atoms with E-state index in [-0.39, 0.29) is 113 Å². The quantitative estimate of drug-likeness (QED) is 0.0121. The van der Waals surface area contributed by atoms with E-state index in [1.807, 2.05) is 77.2 Å². The molecule has 0 radical (unpaired) electrons. The SMILES string of the molecule is CC[C@H](C)[C@H](CC(=O)[C@H]1CCCC[N+]1(C)Cc1ccc(CC(=O)[C@H](CCC(=O)O)NC(=O)[C@@H](CC(=O)[C@H](CCCCNC(=O)CCOCCOCCOCCOCCOCCOCCOCCOCCOCCOCCOCCOC)NC(=O)[C@H](CNC(=O)OC(C)(C)C)N2C(=O)C=CC2=O)C(C)C)cc1)C(=O)N(C)[C@H](C[C@@H](OC(C)=O)c1nc(C(=O)N[C@@H](Cc2ccccc2)C[C@H](C)C(=O)O)cs1)C(C)C. The number of likely N-dealkylation sites (tertiary alicyclic amines) is 1. The van der Waals surface area contributed by atoms with Gasteiger partial charge in [-0.05, 0) is 101 Å². The maximum Gasteiger partial charge on any atom is 0.407 e. The summed E-state index contributed by atoms with van der Waals surface area (Å²) >= 11 is 1.13. The summed E-state index contributed by atoms with van der Waals surface area (Å²) in [5, 5.41) is 35.2. The van der Waals surface area contributed by atoms with E-state index in [1.54, 1.807) is 78.1 Å². The summed E-state index contributed by atoms with van der Waals surface area (Å²) in [6.45, 7) is 28.8. The lowest BCUT2D eigenvalue weighted by Gasteiger charge is -2.44. The third-order valence-electron chi connectivity index (χ3n) is 24.4. The number of carboxylic acid groups (broad SMARTS) is 2. The number of esters is 1. The molecule has 3 aromatic rings. The Bertz CT molecular complexity index is 4310. The molecule has 1 aromatic heterocycles. The van der Waals surface area contributed by atoms with Crippen molar-refractivity contribution in [2.24, 2.45) is 35.5 Å². The zero-order chi connectivity index (χ0) is 104. The Morgan fingerprint density at radius 3 is 1.59 bits per heavy atom. The number of imide groups is 1. The van der Waals surface area contributed by atoms with Crippen LogP contribution in [0.1, 0.15) is 204 Å². The number of ether oxygens (including phenoxy) is 14. The number of carbonyl (C=O) groups excluding carboxylic acids is 12. The number of Topliss-reactive ketones (excluding diaryl/α,β-unsaturated/α-hetero) is 3. The predicted octanol–water partition coefficient (Wildman–Crippen LogP) is 8.39. The molecule has 0 spiro atoms. The number of piperidine rings is 1. The van der Waals surface area contributed by atoms with Crippen molar-refractivity contribution < 1.29 is 148 Å². The molecule has 142 heavy (non-hydrogen) atoms. The van der Waals surface area contributed by atoms with E-state index in [0.717, 1.165) is 47.5 Å². The highest BCUT2D eigenvalue weighted by Crippen LogP contribution is 2.36. The van der Waals surface area contributed by atoms with Gasteiger partial charge in [0.2, 0.25) is 23.6 Å². The first-order valence-corrected chi connectivity index (χ1v) is 50.7. The molecule has 5 rings (SSSR count). The molecule has 1 fully saturated rings. The number of likely N-dealkylation sites (N-methyl/N-ethyl adjacent to an activating group) is 1. The van der Waals surface area contributed by atoms with E-state index in [4.69, 9.17) is 66.3 Å². The molecule has 1 saturated heterocycles. The number of rotatable bonds is 79. The number of aliphatic carboxylic acids is 2. The molecule has 3 heterocycles. The monoisotopic (exact) mass is 2020 g/mol. The number of unbranched alkanes of at least 4 members (excludes halogenated alkanes) is 1. The minimum Gasteiger partial charge on any atom is -0.481 e. The second-order valence-electron chi connectivity index (χ2n) is 37.7. The van der Waals surface area contributed by atoms with Crippen LogP contribution in [0.15, 0.2) is 72.1 Å². The van der Waals surface area contributed by atoms with Crippen LogP contribution in [0.2, 0.25) is 0 Å². The number of hydrogen-bond acceptors (Lipinski definition) is 30. The highest BCUT2D eigenvalue weighted by Gasteiger charge is 2.45. The number of hydrogen-bond donors (Lipinski definition) is 7. The summed E-state index contributed by atoms with van der Waals surface area (Å²) < 4.78 is 77.2. The van der Waals surface area contributed by atoms with Crippen LogP contribution in [0.25, 0.3) is 0 Å². The van der Waals surface area contributed by atoms with Crippen LogP contribution in [0, 0.1) is 35.5 Å². The number of carbonyl (C=O) groups is 14. The van der Waals surface area contributed by atoms with Gasteiger partial charge in [-0.1, -0.05) is 109 Å². The summed E-state index contributed by atoms with van der Waals surface area (Å²) in [6, 6.07) is 10.7. The Kier molecular flexibility index (Phi) is 59.5. The van der Waals surface area contributed by atoms with Gasteiger partial charge in [0, 0.05) is 120 Å². The summed E-state index contributed by atoms with van der Waals surface area (Å²) in [5.74, 6) is -12.3. The van der Waals surface area contributed by atoms with Gasteiger partial charge in [-0.25, -0.2) is 9.78 Å². The zero-order valence-electron chi connectivity index (χ0n) is 85.9. The van der Waals surface area contributed by atoms with E-state index in [2.05, 4.69) is 31.6 Å². The maximum atomic E-state index is 15.2. The average Bonchev–Trinajstić information content (AvgIpc) is 1.04. The third kappa shape index (κ3) is 48.9. The van der Waals surface area contributed by atoms with Crippen molar-refractivity contribution in [3.63, 3.8) is 0 Å². The Labute approximate surface area is 840 Å². The molecule has 2 aromatic carbocycles. The fraction of sp³-hybridized carbons (Fsp3) is 0.696. The second-order valence-corrected chi connectivity index (χ2v) is 38.6. The molecule has 40 heteroatoms. The first-order valence-electron chi connectivity index (χ1n) is 49.8. The van der Waals surface area contributed by atoms with Gasteiger partial charge in [-0.2, -0.15) is 0 Å². The van der Waals surface area contributed by atoms with Gasteiger partial charge < -0.3 is 112 Å². The first-order chi connectivity index (χ1) is 67.8. The van der Waals surface area contributed by atoms with Gasteiger partial charge >= 0.3 is 24.0 Å². The summed E-state index contributed by atoms with van der Waals surface area (Å²) in [6.07, 6.45) is 2.28. The summed E-state index contributed by atoms with van der Waals surface area (Å²) in [5.41, 5.74) is 1.39. The molecule has 39 nitrogen and oxygen atoms in total. The second kappa shape index (κ2) is 68.7. The van der Waals surface area contributed by atoms with Crippen molar-refractivity contribution >= 4 is 94.0 Å². The summed E-state index contributed by atoms with van der Waals surface area (Å²) in [7, 11) is 5.36. The molecular weight excluding hydrogens is 1860 g/mol. The first kappa shape index (κ1) is 123. The molecule has 798 valence electrons. The summed E-state index contributed by atoms with van der Waals surface area (Å²) in [4.78, 5) is 199. The van der Waals surface area contributed by atoms with Gasteiger partial charge in [0.1, 0.15) is 34.9 Å². The number of benzene rings is 2. The fourth-order valence-electron chi connectivity index (χ4n) is 16.3. The van der Waals surface area contributed by atoms with Crippen molar-refractivity contribution in [2.45, 2.75) is 233 Å². The van der Waals surface area contributed by atoms with Gasteiger partial charge in [0.15, 0.2) is 23.5 Å². The number of amides is 8. The molecule has 2 aliphatic rings. The molecule has 7 N–H and O–H groups in total. The topological polar surface area (TPSA) is 488 Å². The number of methoxy groups -OCH3 is 1. The normalized spacial score (nSPS) is 16.5. The molecule has 2 aliphatic heterocycles. The molecule has 0 bridgehead atoms. The van der Waals surface area contributed by atoms with Crippen LogP contribution in [0.3, 0.4) is 0 Å². The van der Waals surface area contributed by atoms with E-state index < -0.39 is 156 Å². The minimum atomic E-state index is -1.69. The van der Waals surface area contributed by atoms with E-state index >= 15 is 9.59 Å². The molecular formula is C102H160N9O30S+. The number of quaternary nitrogens is 1. The number of alkyl carbamates (subject to hydrolysis) is 1. The molecule has 0 aliphatic carbocycles. The number of thiazole rings is 1. The van der Waals surface area contributed by atoms with Crippen LogP contribution in [-0.4, -0.2) is 347 Å². The van der Waals surface area contributed by atoms with Crippen molar-refractivity contribution in [2.75, 3.05) is 193 Å². The number of carboxylic acids is 2. The van der Waals surface area contributed by atoms with Crippen LogP contribution in [-0.2, 0) is 143 Å². The number of nitrogens with zero attached hydrogens (tertiary/aromatic N) is 4. The van der Waals surface area contributed by atoms with E-state index in [0.29, 0.717) is 191 Å². The van der Waals surface area contributed by atoms with Gasteiger partial charge in [0.05, 0.1) is 190 Å². The molecule has 0 saturated carbocycles. The number of ketones is 3. The van der Waals surface area contributed by atoms with Gasteiger partial charge in [-0.3, -0.25) is 67.2 Å². The smallest absolute Gasteiger partial charge is 0.407 e. The van der Waals surface area contributed by atoms with Gasteiger partial charge in [-0.15, -0.1) is 11.3 Å². The largest absolute Gasteiger partial charge is 0.481 e. The lowest BCUT2D eigenvalue weighted by Crippen LogP contribution is -2.58. The Morgan fingerprint density at radius 1 is 0.585 bits per heavy atom. The Balaban J connectivity index is 1.12. The van der Waals surface area contributed by atoms with Gasteiger partial charge in [0.25, 0.3) is 17.7 Å². The van der Waals surface area contributed by atoms with Crippen LogP contribution in [0.4, 0.5) is 4.79 Å². The highest BCUT2D eigenvalue weighted by molar-refractivity contribution is 7.09. The molecule has 8 amide bonds. The van der Waals surface area contributed by atoms with Crippen molar-refractivity contribution in [1.29, 1.82) is 0 Å². The van der Waals surface area contributed by atoms with Crippen LogP contribution >= 0.6 is 11.3 Å². The lowest BCUT2D eigenvalue weighted by molar-refractivity contribution is -0.941. The molecule has 12 atom stereocenters. The lowest BCUT2D eigenvalue weighted by atomic mass is 9.82. The highest BCUT2D eigenvalue weighted by atomic mass is 32.1. The van der Waals surface area contributed by atoms with Crippen LogP contribution in [0.5, 0.6) is 0 Å². The minimum absolute atomic E-state index is 0.0197. The third-order valence-corrected chi connectivity index (χ3v) is 25.4. The van der Waals surface area contributed by atoms with Crippen molar-refractivity contribution in [3.8, 4) is 0 Å². The fourth-order valence-corrected chi connectivity index (χ4v) is 17.2. The van der Waals surface area contributed by atoms with Crippen molar-refractivity contribution in [1.82, 2.24) is 41.4 Å². The average molecular weight is 2020 g/mol. The predicted molar refractivity (Wildman–Crippen MR) is 526 cm³/mol.